The maximum atomic E-state index is 10.6. The van der Waals surface area contributed by atoms with Crippen LogP contribution in [0.25, 0.3) is 22.0 Å². The number of benzene rings is 3. The molecule has 1 heterocycles. The Bertz CT molecular complexity index is 1120. The van der Waals surface area contributed by atoms with E-state index < -0.39 is 0 Å². The summed E-state index contributed by atoms with van der Waals surface area (Å²) in [5.41, 5.74) is 12.2. The molecule has 2 N–H and O–H groups in total. The number of aldehydes is 1. The number of aromatic amines is 1. The third kappa shape index (κ3) is 7.40. The molecule has 5 nitrogen and oxygen atoms in total. The second-order valence-corrected chi connectivity index (χ2v) is 8.04. The number of aromatic nitrogens is 1. The van der Waals surface area contributed by atoms with Crippen LogP contribution in [0.2, 0.25) is 0 Å². The van der Waals surface area contributed by atoms with Crippen molar-refractivity contribution in [3.8, 4) is 0 Å². The van der Waals surface area contributed by atoms with Crippen molar-refractivity contribution in [2.45, 2.75) is 11.4 Å². The minimum atomic E-state index is 0. The number of H-pyrrole nitrogens is 1. The van der Waals surface area contributed by atoms with Crippen molar-refractivity contribution in [3.63, 3.8) is 0 Å². The van der Waals surface area contributed by atoms with E-state index in [4.69, 9.17) is 5.73 Å². The molecule has 32 heavy (non-hydrogen) atoms. The summed E-state index contributed by atoms with van der Waals surface area (Å²) in [7, 11) is 3.85. The Labute approximate surface area is 219 Å². The summed E-state index contributed by atoms with van der Waals surface area (Å²) in [4.78, 5) is 17.0. The number of rotatable bonds is 7. The number of nitrogens with zero attached hydrogens (tertiary/aromatic N) is 2. The zero-order valence-corrected chi connectivity index (χ0v) is 21.9. The summed E-state index contributed by atoms with van der Waals surface area (Å²) >= 11 is 1.55. The average Bonchev–Trinajstić information content (AvgIpc) is 3.26. The standard InChI is InChI=1S/C17H19N2OS.C8H7N2.Y/c1-18-15-8-9-17(21-11-10-20)16(12-15)19(2)13-14-6-4-3-5-7-14;9-7-2-1-6-3-4-10-8(6)5-7;/h3-10,12H,11,13H2,1-2H3;1-5,9-10H;/q2*-1;. The summed E-state index contributed by atoms with van der Waals surface area (Å²) in [6, 6.07) is 24.0. The van der Waals surface area contributed by atoms with E-state index in [1.54, 1.807) is 24.9 Å². The minimum Gasteiger partial charge on any atom is -0.699 e. The van der Waals surface area contributed by atoms with E-state index in [1.165, 1.54) is 5.56 Å². The molecule has 0 aliphatic heterocycles. The van der Waals surface area contributed by atoms with Gasteiger partial charge in [0.25, 0.3) is 0 Å². The monoisotopic (exact) mass is 519 g/mol. The summed E-state index contributed by atoms with van der Waals surface area (Å²) < 4.78 is 0. The smallest absolute Gasteiger partial charge is 0.130 e. The van der Waals surface area contributed by atoms with Crippen LogP contribution in [0.3, 0.4) is 0 Å². The molecule has 1 aromatic heterocycles. The Morgan fingerprint density at radius 3 is 2.56 bits per heavy atom. The summed E-state index contributed by atoms with van der Waals surface area (Å²) in [5, 5.41) is 5.40. The molecule has 163 valence electrons. The zero-order chi connectivity index (χ0) is 22.1. The summed E-state index contributed by atoms with van der Waals surface area (Å²) in [6.07, 6.45) is 2.81. The number of thioether (sulfide) groups is 1. The van der Waals surface area contributed by atoms with Crippen LogP contribution in [-0.4, -0.2) is 31.1 Å². The molecule has 1 radical (unpaired) electrons. The maximum Gasteiger partial charge on any atom is 0.130 e. The van der Waals surface area contributed by atoms with E-state index in [0.717, 1.165) is 40.0 Å². The maximum absolute atomic E-state index is 10.6. The van der Waals surface area contributed by atoms with Crippen molar-refractivity contribution >= 4 is 46.0 Å². The number of anilines is 1. The van der Waals surface area contributed by atoms with Crippen LogP contribution in [0.5, 0.6) is 0 Å². The van der Waals surface area contributed by atoms with Gasteiger partial charge < -0.3 is 25.7 Å². The van der Waals surface area contributed by atoms with Crippen LogP contribution in [0.1, 0.15) is 5.56 Å². The first-order valence-corrected chi connectivity index (χ1v) is 10.9. The van der Waals surface area contributed by atoms with E-state index >= 15 is 0 Å². The molecule has 4 rings (SSSR count). The van der Waals surface area contributed by atoms with Gasteiger partial charge in [-0.1, -0.05) is 60.7 Å². The van der Waals surface area contributed by atoms with Gasteiger partial charge in [0, 0.05) is 68.6 Å². The number of hydrogen-bond acceptors (Lipinski definition) is 3. The predicted octanol–water partition coefficient (Wildman–Crippen LogP) is 7.10. The third-order valence-corrected chi connectivity index (χ3v) is 5.70. The number of hydrogen-bond donors (Lipinski definition) is 1. The van der Waals surface area contributed by atoms with Crippen LogP contribution < -0.4 is 4.90 Å². The Morgan fingerprint density at radius 1 is 1.06 bits per heavy atom. The zero-order valence-electron chi connectivity index (χ0n) is 18.3. The minimum absolute atomic E-state index is 0. The van der Waals surface area contributed by atoms with Crippen molar-refractivity contribution in [2.24, 2.45) is 0 Å². The van der Waals surface area contributed by atoms with E-state index in [-0.39, 0.29) is 32.7 Å². The topological polar surface area (TPSA) is 74.0 Å². The number of nitrogens with one attached hydrogen (secondary N) is 2. The number of carbonyl (C=O) groups is 1. The molecule has 3 aromatic carbocycles. The van der Waals surface area contributed by atoms with Gasteiger partial charge in [-0.15, -0.1) is 30.2 Å². The van der Waals surface area contributed by atoms with Crippen LogP contribution in [0, 0.1) is 0 Å². The Morgan fingerprint density at radius 2 is 1.84 bits per heavy atom. The molecule has 0 amide bonds. The van der Waals surface area contributed by atoms with Crippen LogP contribution >= 0.6 is 11.8 Å². The fraction of sp³-hybridized carbons (Fsp3) is 0.160. The molecule has 0 fully saturated rings. The van der Waals surface area contributed by atoms with Gasteiger partial charge >= 0.3 is 0 Å². The van der Waals surface area contributed by atoms with Crippen molar-refractivity contribution in [1.29, 1.82) is 0 Å². The van der Waals surface area contributed by atoms with Crippen molar-refractivity contribution in [3.05, 3.63) is 95.6 Å². The Hall–Kier alpha value is -2.28. The number of fused-ring (bicyclic) bond motifs is 1. The van der Waals surface area contributed by atoms with Gasteiger partial charge in [-0.2, -0.15) is 0 Å². The first kappa shape index (κ1) is 26.0. The van der Waals surface area contributed by atoms with Crippen molar-refractivity contribution in [2.75, 3.05) is 24.7 Å². The van der Waals surface area contributed by atoms with Crippen LogP contribution in [0.15, 0.2) is 83.9 Å². The van der Waals surface area contributed by atoms with Gasteiger partial charge in [0.1, 0.15) is 6.29 Å². The van der Waals surface area contributed by atoms with Crippen LogP contribution in [0.4, 0.5) is 17.1 Å². The van der Waals surface area contributed by atoms with Gasteiger partial charge in [0.15, 0.2) is 0 Å². The molecule has 0 unspecified atom stereocenters. The van der Waals surface area contributed by atoms with Crippen molar-refractivity contribution < 1.29 is 37.5 Å². The second-order valence-electron chi connectivity index (χ2n) is 6.97. The predicted molar refractivity (Wildman–Crippen MR) is 133 cm³/mol. The van der Waals surface area contributed by atoms with Gasteiger partial charge in [0.2, 0.25) is 0 Å². The summed E-state index contributed by atoms with van der Waals surface area (Å²) in [6.45, 7) is 0.822. The fourth-order valence-electron chi connectivity index (χ4n) is 3.18. The Balaban J connectivity index is 0.000000275. The van der Waals surface area contributed by atoms with E-state index in [1.807, 2.05) is 54.7 Å². The van der Waals surface area contributed by atoms with Gasteiger partial charge in [-0.25, -0.2) is 0 Å². The van der Waals surface area contributed by atoms with Gasteiger partial charge in [-0.3, -0.25) is 0 Å². The largest absolute Gasteiger partial charge is 0.699 e. The molecule has 0 atom stereocenters. The summed E-state index contributed by atoms with van der Waals surface area (Å²) in [5.74, 6) is 0.467. The van der Waals surface area contributed by atoms with E-state index in [0.29, 0.717) is 11.4 Å². The quantitative estimate of drug-likeness (QED) is 0.209. The molecule has 0 spiro atoms. The first-order valence-electron chi connectivity index (χ1n) is 9.95. The van der Waals surface area contributed by atoms with Crippen molar-refractivity contribution in [1.82, 2.24) is 4.98 Å². The molecule has 0 bridgehead atoms. The van der Waals surface area contributed by atoms with Gasteiger partial charge in [-0.05, 0) is 23.1 Å². The number of carbonyl (C=O) groups excluding carboxylic acids is 1. The van der Waals surface area contributed by atoms with E-state index in [9.17, 15) is 4.79 Å². The fourth-order valence-corrected chi connectivity index (χ4v) is 3.95. The Kier molecular flexibility index (Phi) is 10.8. The molecule has 7 heteroatoms. The first-order chi connectivity index (χ1) is 15.1. The molecule has 4 aromatic rings. The molecular formula is C25H26N4OSY-2. The molecule has 0 aliphatic carbocycles. The average molecular weight is 519 g/mol. The second kappa shape index (κ2) is 13.3. The van der Waals surface area contributed by atoms with Crippen LogP contribution in [-0.2, 0) is 44.0 Å². The van der Waals surface area contributed by atoms with Gasteiger partial charge in [0.05, 0.1) is 5.75 Å². The van der Waals surface area contributed by atoms with E-state index in [2.05, 4.69) is 40.4 Å². The molecular weight excluding hydrogens is 493 g/mol. The molecule has 0 saturated heterocycles. The third-order valence-electron chi connectivity index (χ3n) is 4.74. The normalized spacial score (nSPS) is 9.94. The molecule has 0 saturated carbocycles. The SMILES string of the molecule is C[N-]c1ccc(SCC=O)c(N(C)Cc2ccccc2)c1.[NH-]c1ccc2cc[nH]c2c1.[Y]. The molecule has 0 aliphatic rings.